The molecule has 4 nitrogen and oxygen atoms in total. The molecule has 1 aromatic carbocycles. The number of benzene rings is 1. The van der Waals surface area contributed by atoms with Crippen molar-refractivity contribution in [1.82, 2.24) is 10.6 Å². The number of ether oxygens (including phenoxy) is 1. The third-order valence-corrected chi connectivity index (χ3v) is 4.57. The number of carbonyl (C=O) groups is 1. The van der Waals surface area contributed by atoms with Gasteiger partial charge in [0.15, 0.2) is 0 Å². The minimum Gasteiger partial charge on any atom is -0.497 e. The number of rotatable bonds is 8. The van der Waals surface area contributed by atoms with E-state index in [9.17, 15) is 4.79 Å². The Balaban J connectivity index is 1.69. The zero-order chi connectivity index (χ0) is 15.8. The van der Waals surface area contributed by atoms with Crippen LogP contribution in [0.25, 0.3) is 0 Å². The van der Waals surface area contributed by atoms with Gasteiger partial charge in [-0.05, 0) is 69.5 Å². The molecule has 118 valence electrons. The van der Waals surface area contributed by atoms with Crippen LogP contribution in [0.15, 0.2) is 39.5 Å². The van der Waals surface area contributed by atoms with E-state index in [1.807, 2.05) is 12.1 Å². The fraction of sp³-hybridized carbons (Fsp3) is 0.312. The first kappa shape index (κ1) is 17.0. The van der Waals surface area contributed by atoms with Crippen molar-refractivity contribution in [1.29, 1.82) is 0 Å². The highest BCUT2D eigenvalue weighted by atomic mass is 79.9. The normalized spacial score (nSPS) is 10.5. The number of hydrogen-bond donors (Lipinski definition) is 2. The third-order valence-electron chi connectivity index (χ3n) is 3.14. The van der Waals surface area contributed by atoms with Crippen molar-refractivity contribution in [3.05, 3.63) is 50.6 Å². The van der Waals surface area contributed by atoms with Crippen molar-refractivity contribution >= 4 is 33.2 Å². The summed E-state index contributed by atoms with van der Waals surface area (Å²) < 4.78 is 5.91. The van der Waals surface area contributed by atoms with E-state index in [1.54, 1.807) is 24.5 Å². The molecule has 0 aliphatic carbocycles. The molecule has 22 heavy (non-hydrogen) atoms. The Kier molecular flexibility index (Phi) is 6.89. The average molecular weight is 383 g/mol. The van der Waals surface area contributed by atoms with Crippen LogP contribution in [0.3, 0.4) is 0 Å². The molecule has 0 radical (unpaired) electrons. The molecule has 0 bridgehead atoms. The molecule has 0 fully saturated rings. The molecule has 6 heteroatoms. The standard InChI is InChI=1S/C16H19BrN2O2S/c1-21-13-3-4-15(17)14(9-13)16(20)19-7-2-6-18-10-12-5-8-22-11-12/h3-5,8-9,11,18H,2,6-7,10H2,1H3,(H,19,20). The summed E-state index contributed by atoms with van der Waals surface area (Å²) in [7, 11) is 1.59. The van der Waals surface area contributed by atoms with Crippen LogP contribution in [0.1, 0.15) is 22.3 Å². The van der Waals surface area contributed by atoms with Gasteiger partial charge in [-0.1, -0.05) is 0 Å². The van der Waals surface area contributed by atoms with Gasteiger partial charge in [-0.3, -0.25) is 4.79 Å². The Hall–Kier alpha value is -1.37. The van der Waals surface area contributed by atoms with Gasteiger partial charge in [-0.15, -0.1) is 0 Å². The fourth-order valence-corrected chi connectivity index (χ4v) is 3.04. The van der Waals surface area contributed by atoms with Crippen LogP contribution in [-0.4, -0.2) is 26.1 Å². The predicted octanol–water partition coefficient (Wildman–Crippen LogP) is 3.43. The van der Waals surface area contributed by atoms with Crippen LogP contribution in [0.2, 0.25) is 0 Å². The molecule has 2 rings (SSSR count). The van der Waals surface area contributed by atoms with E-state index in [0.29, 0.717) is 17.9 Å². The molecule has 0 saturated carbocycles. The van der Waals surface area contributed by atoms with Gasteiger partial charge in [-0.2, -0.15) is 11.3 Å². The molecule has 0 spiro atoms. The molecule has 2 N–H and O–H groups in total. The van der Waals surface area contributed by atoms with E-state index < -0.39 is 0 Å². The zero-order valence-electron chi connectivity index (χ0n) is 12.4. The summed E-state index contributed by atoms with van der Waals surface area (Å²) in [5.41, 5.74) is 1.89. The maximum absolute atomic E-state index is 12.1. The van der Waals surface area contributed by atoms with Crippen LogP contribution in [-0.2, 0) is 6.54 Å². The van der Waals surface area contributed by atoms with Crippen molar-refractivity contribution in [2.45, 2.75) is 13.0 Å². The topological polar surface area (TPSA) is 50.4 Å². The van der Waals surface area contributed by atoms with Crippen LogP contribution < -0.4 is 15.4 Å². The second-order valence-electron chi connectivity index (χ2n) is 4.76. The van der Waals surface area contributed by atoms with E-state index in [0.717, 1.165) is 24.0 Å². The second-order valence-corrected chi connectivity index (χ2v) is 6.40. The quantitative estimate of drug-likeness (QED) is 0.687. The van der Waals surface area contributed by atoms with Gasteiger partial charge >= 0.3 is 0 Å². The molecule has 1 amide bonds. The maximum Gasteiger partial charge on any atom is 0.252 e. The van der Waals surface area contributed by atoms with Crippen LogP contribution in [0, 0.1) is 0 Å². The molecule has 0 aliphatic heterocycles. The van der Waals surface area contributed by atoms with E-state index in [4.69, 9.17) is 4.74 Å². The van der Waals surface area contributed by atoms with Crippen LogP contribution in [0.5, 0.6) is 5.75 Å². The first-order valence-electron chi connectivity index (χ1n) is 7.04. The molecule has 1 heterocycles. The first-order chi connectivity index (χ1) is 10.7. The summed E-state index contributed by atoms with van der Waals surface area (Å²) in [6, 6.07) is 7.47. The van der Waals surface area contributed by atoms with E-state index in [-0.39, 0.29) is 5.91 Å². The third kappa shape index (κ3) is 5.12. The van der Waals surface area contributed by atoms with Gasteiger partial charge in [0.2, 0.25) is 0 Å². The minimum atomic E-state index is -0.0939. The molecule has 0 atom stereocenters. The Morgan fingerprint density at radius 2 is 2.18 bits per heavy atom. The number of amides is 1. The smallest absolute Gasteiger partial charge is 0.252 e. The Morgan fingerprint density at radius 3 is 2.91 bits per heavy atom. The first-order valence-corrected chi connectivity index (χ1v) is 8.78. The summed E-state index contributed by atoms with van der Waals surface area (Å²) in [6.45, 7) is 2.38. The highest BCUT2D eigenvalue weighted by Crippen LogP contribution is 2.22. The van der Waals surface area contributed by atoms with Gasteiger partial charge in [0.1, 0.15) is 5.75 Å². The second kappa shape index (κ2) is 8.92. The lowest BCUT2D eigenvalue weighted by Crippen LogP contribution is -2.27. The SMILES string of the molecule is COc1ccc(Br)c(C(=O)NCCCNCc2ccsc2)c1. The van der Waals surface area contributed by atoms with Gasteiger partial charge < -0.3 is 15.4 Å². The number of carbonyl (C=O) groups excluding carboxylic acids is 1. The predicted molar refractivity (Wildman–Crippen MR) is 93.7 cm³/mol. The summed E-state index contributed by atoms with van der Waals surface area (Å²) in [5.74, 6) is 0.578. The average Bonchev–Trinajstić information content (AvgIpc) is 3.04. The lowest BCUT2D eigenvalue weighted by Gasteiger charge is -2.09. The summed E-state index contributed by atoms with van der Waals surface area (Å²) in [4.78, 5) is 12.1. The number of methoxy groups -OCH3 is 1. The lowest BCUT2D eigenvalue weighted by molar-refractivity contribution is 0.0952. The van der Waals surface area contributed by atoms with Gasteiger partial charge in [-0.25, -0.2) is 0 Å². The molecular formula is C16H19BrN2O2S. The minimum absolute atomic E-state index is 0.0939. The molecular weight excluding hydrogens is 364 g/mol. The van der Waals surface area contributed by atoms with Crippen molar-refractivity contribution in [3.63, 3.8) is 0 Å². The van der Waals surface area contributed by atoms with Gasteiger partial charge in [0, 0.05) is 17.6 Å². The largest absolute Gasteiger partial charge is 0.497 e. The Bertz CT molecular complexity index is 602. The Labute approximate surface area is 143 Å². The summed E-state index contributed by atoms with van der Waals surface area (Å²) in [6.07, 6.45) is 0.886. The van der Waals surface area contributed by atoms with Crippen LogP contribution in [0.4, 0.5) is 0 Å². The van der Waals surface area contributed by atoms with E-state index >= 15 is 0 Å². The number of thiophene rings is 1. The molecule has 0 saturated heterocycles. The highest BCUT2D eigenvalue weighted by Gasteiger charge is 2.10. The molecule has 2 aromatic rings. The molecule has 1 aromatic heterocycles. The highest BCUT2D eigenvalue weighted by molar-refractivity contribution is 9.10. The van der Waals surface area contributed by atoms with Crippen LogP contribution >= 0.6 is 27.3 Å². The lowest BCUT2D eigenvalue weighted by atomic mass is 10.2. The van der Waals surface area contributed by atoms with Gasteiger partial charge in [0.25, 0.3) is 5.91 Å². The van der Waals surface area contributed by atoms with Crippen molar-refractivity contribution in [2.75, 3.05) is 20.2 Å². The zero-order valence-corrected chi connectivity index (χ0v) is 14.8. The van der Waals surface area contributed by atoms with Gasteiger partial charge in [0.05, 0.1) is 12.7 Å². The molecule has 0 unspecified atom stereocenters. The van der Waals surface area contributed by atoms with Crippen molar-refractivity contribution < 1.29 is 9.53 Å². The van der Waals surface area contributed by atoms with E-state index in [1.165, 1.54) is 5.56 Å². The number of hydrogen-bond acceptors (Lipinski definition) is 4. The summed E-state index contributed by atoms with van der Waals surface area (Å²) >= 11 is 5.09. The monoisotopic (exact) mass is 382 g/mol. The molecule has 0 aliphatic rings. The Morgan fingerprint density at radius 1 is 1.32 bits per heavy atom. The van der Waals surface area contributed by atoms with Crippen molar-refractivity contribution in [2.24, 2.45) is 0 Å². The van der Waals surface area contributed by atoms with Crippen molar-refractivity contribution in [3.8, 4) is 5.75 Å². The number of nitrogens with one attached hydrogen (secondary N) is 2. The maximum atomic E-state index is 12.1. The summed E-state index contributed by atoms with van der Waals surface area (Å²) in [5, 5.41) is 10.5. The van der Waals surface area contributed by atoms with E-state index in [2.05, 4.69) is 43.4 Å². The number of halogens is 1. The fourth-order valence-electron chi connectivity index (χ4n) is 1.94.